The van der Waals surface area contributed by atoms with Gasteiger partial charge in [-0.25, -0.2) is 0 Å². The predicted molar refractivity (Wildman–Crippen MR) is 92.1 cm³/mol. The second-order valence-corrected chi connectivity index (χ2v) is 5.57. The van der Waals surface area contributed by atoms with E-state index < -0.39 is 42.6 Å². The van der Waals surface area contributed by atoms with E-state index in [4.69, 9.17) is 9.47 Å². The quantitative estimate of drug-likeness (QED) is 0.576. The first kappa shape index (κ1) is 20.9. The average molecular weight is 395 g/mol. The molecule has 0 bridgehead atoms. The molecular weight excluding hydrogens is 379 g/mol. The summed E-state index contributed by atoms with van der Waals surface area (Å²) in [7, 11) is 1.48. The number of alkyl halides is 3. The Morgan fingerprint density at radius 3 is 2.29 bits per heavy atom. The van der Waals surface area contributed by atoms with Gasteiger partial charge in [-0.2, -0.15) is 13.2 Å². The van der Waals surface area contributed by atoms with Crippen LogP contribution in [0.5, 0.6) is 5.75 Å². The molecule has 0 saturated heterocycles. The number of Topliss-reactive ketones (excluding diaryl/α,β-unsaturated/α-hetero) is 1. The molecule has 148 valence electrons. The highest BCUT2D eigenvalue weighted by molar-refractivity contribution is 5.99. The third-order valence-electron chi connectivity index (χ3n) is 3.62. The summed E-state index contributed by atoms with van der Waals surface area (Å²) in [6, 6.07) is 9.93. The van der Waals surface area contributed by atoms with Crippen molar-refractivity contribution >= 4 is 17.7 Å². The van der Waals surface area contributed by atoms with Crippen molar-refractivity contribution in [1.82, 2.24) is 5.32 Å². The standard InChI is InChI=1S/C19H16F3NO5/c1-27-15-7-5-12(6-8-15)18(26)23-10-17(25)28-11-16(24)13-3-2-4-14(9-13)19(20,21)22/h2-9H,10-11H2,1H3,(H,23,26). The van der Waals surface area contributed by atoms with Crippen LogP contribution in [-0.4, -0.2) is 37.9 Å². The Hall–Kier alpha value is -3.36. The van der Waals surface area contributed by atoms with Crippen molar-refractivity contribution in [2.75, 3.05) is 20.3 Å². The third kappa shape index (κ3) is 5.83. The van der Waals surface area contributed by atoms with Gasteiger partial charge in [-0.1, -0.05) is 12.1 Å². The van der Waals surface area contributed by atoms with Gasteiger partial charge in [-0.15, -0.1) is 0 Å². The number of methoxy groups -OCH3 is 1. The average Bonchev–Trinajstić information content (AvgIpc) is 2.69. The van der Waals surface area contributed by atoms with Crippen molar-refractivity contribution in [3.05, 3.63) is 65.2 Å². The minimum absolute atomic E-state index is 0.232. The molecule has 2 aromatic carbocycles. The number of amides is 1. The molecule has 0 atom stereocenters. The van der Waals surface area contributed by atoms with Gasteiger partial charge in [0.2, 0.25) is 0 Å². The van der Waals surface area contributed by atoms with Crippen LogP contribution in [0.1, 0.15) is 26.3 Å². The second-order valence-electron chi connectivity index (χ2n) is 5.57. The predicted octanol–water partition coefficient (Wildman–Crippen LogP) is 2.87. The number of benzene rings is 2. The summed E-state index contributed by atoms with van der Waals surface area (Å²) in [5.74, 6) is -1.67. The molecule has 0 saturated carbocycles. The molecule has 9 heteroatoms. The number of carbonyl (C=O) groups is 3. The van der Waals surface area contributed by atoms with Crippen LogP contribution in [0.4, 0.5) is 13.2 Å². The third-order valence-corrected chi connectivity index (χ3v) is 3.62. The maximum atomic E-state index is 12.7. The zero-order valence-corrected chi connectivity index (χ0v) is 14.7. The number of rotatable bonds is 7. The Morgan fingerprint density at radius 2 is 1.68 bits per heavy atom. The summed E-state index contributed by atoms with van der Waals surface area (Å²) >= 11 is 0. The van der Waals surface area contributed by atoms with Crippen LogP contribution in [-0.2, 0) is 15.7 Å². The normalized spacial score (nSPS) is 10.9. The first-order valence-corrected chi connectivity index (χ1v) is 7.99. The van der Waals surface area contributed by atoms with Crippen molar-refractivity contribution in [2.45, 2.75) is 6.18 Å². The van der Waals surface area contributed by atoms with E-state index in [1.807, 2.05) is 0 Å². The van der Waals surface area contributed by atoms with Crippen LogP contribution >= 0.6 is 0 Å². The largest absolute Gasteiger partial charge is 0.497 e. The lowest BCUT2D eigenvalue weighted by molar-refractivity contribution is -0.141. The van der Waals surface area contributed by atoms with Gasteiger partial charge < -0.3 is 14.8 Å². The van der Waals surface area contributed by atoms with Crippen molar-refractivity contribution in [1.29, 1.82) is 0 Å². The van der Waals surface area contributed by atoms with Crippen molar-refractivity contribution in [3.8, 4) is 5.75 Å². The fourth-order valence-corrected chi connectivity index (χ4v) is 2.15. The topological polar surface area (TPSA) is 81.7 Å². The van der Waals surface area contributed by atoms with Gasteiger partial charge in [0, 0.05) is 11.1 Å². The van der Waals surface area contributed by atoms with Crippen LogP contribution < -0.4 is 10.1 Å². The zero-order chi connectivity index (χ0) is 20.7. The van der Waals surface area contributed by atoms with Crippen LogP contribution in [0, 0.1) is 0 Å². The van der Waals surface area contributed by atoms with Gasteiger partial charge in [0.05, 0.1) is 12.7 Å². The molecule has 0 aromatic heterocycles. The first-order valence-electron chi connectivity index (χ1n) is 7.99. The number of hydrogen-bond donors (Lipinski definition) is 1. The fourth-order valence-electron chi connectivity index (χ4n) is 2.15. The van der Waals surface area contributed by atoms with Crippen molar-refractivity contribution < 1.29 is 37.0 Å². The highest BCUT2D eigenvalue weighted by Gasteiger charge is 2.30. The molecule has 1 N–H and O–H groups in total. The lowest BCUT2D eigenvalue weighted by Crippen LogP contribution is -2.31. The van der Waals surface area contributed by atoms with E-state index >= 15 is 0 Å². The number of esters is 1. The minimum atomic E-state index is -4.58. The van der Waals surface area contributed by atoms with Gasteiger partial charge in [-0.3, -0.25) is 14.4 Å². The van der Waals surface area contributed by atoms with Gasteiger partial charge >= 0.3 is 12.1 Å². The first-order chi connectivity index (χ1) is 13.2. The smallest absolute Gasteiger partial charge is 0.416 e. The lowest BCUT2D eigenvalue weighted by atomic mass is 10.1. The number of nitrogens with one attached hydrogen (secondary N) is 1. The van der Waals surface area contributed by atoms with E-state index in [2.05, 4.69) is 5.32 Å². The number of ketones is 1. The van der Waals surface area contributed by atoms with Gasteiger partial charge in [0.15, 0.2) is 12.4 Å². The summed E-state index contributed by atoms with van der Waals surface area (Å²) in [5, 5.41) is 2.31. The van der Waals surface area contributed by atoms with Crippen LogP contribution in [0.25, 0.3) is 0 Å². The Balaban J connectivity index is 1.83. The molecular formula is C19H16F3NO5. The van der Waals surface area contributed by atoms with E-state index in [0.29, 0.717) is 11.8 Å². The molecule has 0 aliphatic carbocycles. The Labute approximate surface area is 158 Å². The number of ether oxygens (including phenoxy) is 2. The lowest BCUT2D eigenvalue weighted by Gasteiger charge is -2.09. The van der Waals surface area contributed by atoms with Crippen LogP contribution in [0.15, 0.2) is 48.5 Å². The number of carbonyl (C=O) groups excluding carboxylic acids is 3. The molecule has 6 nitrogen and oxygen atoms in total. The SMILES string of the molecule is COc1ccc(C(=O)NCC(=O)OCC(=O)c2cccc(C(F)(F)F)c2)cc1. The molecule has 0 fully saturated rings. The molecule has 28 heavy (non-hydrogen) atoms. The molecule has 0 heterocycles. The molecule has 2 aromatic rings. The number of hydrogen-bond acceptors (Lipinski definition) is 5. The monoisotopic (exact) mass is 395 g/mol. The summed E-state index contributed by atoms with van der Waals surface area (Å²) in [5.41, 5.74) is -0.921. The van der Waals surface area contributed by atoms with Crippen molar-refractivity contribution in [2.24, 2.45) is 0 Å². The van der Waals surface area contributed by atoms with Gasteiger partial charge in [0.25, 0.3) is 5.91 Å². The number of halogens is 3. The molecule has 0 aliphatic rings. The summed E-state index contributed by atoms with van der Waals surface area (Å²) in [6.45, 7) is -1.24. The molecule has 0 aliphatic heterocycles. The zero-order valence-electron chi connectivity index (χ0n) is 14.7. The second kappa shape index (κ2) is 9.03. The van der Waals surface area contributed by atoms with Crippen molar-refractivity contribution in [3.63, 3.8) is 0 Å². The molecule has 0 radical (unpaired) electrons. The van der Waals surface area contributed by atoms with Crippen LogP contribution in [0.3, 0.4) is 0 Å². The Morgan fingerprint density at radius 1 is 1.00 bits per heavy atom. The van der Waals surface area contributed by atoms with Gasteiger partial charge in [0.1, 0.15) is 12.3 Å². The van der Waals surface area contributed by atoms with E-state index in [-0.39, 0.29) is 11.1 Å². The Bertz CT molecular complexity index is 863. The van der Waals surface area contributed by atoms with Gasteiger partial charge in [-0.05, 0) is 36.4 Å². The highest BCUT2D eigenvalue weighted by atomic mass is 19.4. The maximum Gasteiger partial charge on any atom is 0.416 e. The molecule has 2 rings (SSSR count). The molecule has 0 spiro atoms. The van der Waals surface area contributed by atoms with E-state index in [1.165, 1.54) is 25.3 Å². The Kier molecular flexibility index (Phi) is 6.75. The highest BCUT2D eigenvalue weighted by Crippen LogP contribution is 2.29. The fraction of sp³-hybridized carbons (Fsp3) is 0.211. The van der Waals surface area contributed by atoms with E-state index in [9.17, 15) is 27.6 Å². The summed E-state index contributed by atoms with van der Waals surface area (Å²) < 4.78 is 47.6. The minimum Gasteiger partial charge on any atom is -0.497 e. The summed E-state index contributed by atoms with van der Waals surface area (Å²) in [6.07, 6.45) is -4.58. The van der Waals surface area contributed by atoms with E-state index in [1.54, 1.807) is 12.1 Å². The molecule has 1 amide bonds. The molecule has 0 unspecified atom stereocenters. The van der Waals surface area contributed by atoms with E-state index in [0.717, 1.165) is 12.1 Å². The summed E-state index contributed by atoms with van der Waals surface area (Å²) in [4.78, 5) is 35.5. The van der Waals surface area contributed by atoms with Crippen LogP contribution in [0.2, 0.25) is 0 Å². The maximum absolute atomic E-state index is 12.7.